The molecule has 3 nitrogen and oxygen atoms in total. The summed E-state index contributed by atoms with van der Waals surface area (Å²) in [5, 5.41) is 2.40. The maximum absolute atomic E-state index is 10.3. The maximum atomic E-state index is 10.3. The molecule has 0 aromatic heterocycles. The van der Waals surface area contributed by atoms with Crippen LogP contribution in [0.25, 0.3) is 0 Å². The molecule has 0 aromatic rings. The van der Waals surface area contributed by atoms with Crippen molar-refractivity contribution in [3.63, 3.8) is 0 Å². The van der Waals surface area contributed by atoms with E-state index >= 15 is 0 Å². The molecule has 8 heavy (non-hydrogen) atoms. The molecular weight excluding hydrogens is 174 g/mol. The predicted molar refractivity (Wildman–Crippen MR) is 34.0 cm³/mol. The molecule has 0 fully saturated rings. The van der Waals surface area contributed by atoms with Gasteiger partial charge in [0, 0.05) is 0 Å². The van der Waals surface area contributed by atoms with Gasteiger partial charge in [-0.1, -0.05) is 15.9 Å². The van der Waals surface area contributed by atoms with Gasteiger partial charge >= 0.3 is 6.09 Å². The summed E-state index contributed by atoms with van der Waals surface area (Å²) in [6.45, 7) is 2.17. The molecule has 1 amide bonds. The monoisotopic (exact) mass is 181 g/mol. The van der Waals surface area contributed by atoms with Gasteiger partial charge in [0.25, 0.3) is 0 Å². The molecule has 1 N–H and O–H groups in total. The highest BCUT2D eigenvalue weighted by molar-refractivity contribution is 9.09. The third-order valence-corrected chi connectivity index (χ3v) is 0.767. The van der Waals surface area contributed by atoms with Gasteiger partial charge in [0.2, 0.25) is 0 Å². The zero-order valence-corrected chi connectivity index (χ0v) is 6.19. The van der Waals surface area contributed by atoms with Crippen LogP contribution in [-0.2, 0) is 4.74 Å². The van der Waals surface area contributed by atoms with Crippen molar-refractivity contribution in [1.29, 1.82) is 0 Å². The number of carbonyl (C=O) groups excluding carboxylic acids is 1. The first-order valence-electron chi connectivity index (χ1n) is 2.27. The molecule has 0 aliphatic carbocycles. The van der Waals surface area contributed by atoms with E-state index in [9.17, 15) is 4.79 Å². The zero-order chi connectivity index (χ0) is 6.41. The Balaban J connectivity index is 3.06. The van der Waals surface area contributed by atoms with Crippen molar-refractivity contribution in [3.8, 4) is 0 Å². The lowest BCUT2D eigenvalue weighted by atomic mass is 10.9. The molecule has 0 heterocycles. The molecule has 0 aromatic carbocycles. The first-order valence-corrected chi connectivity index (χ1v) is 3.40. The van der Waals surface area contributed by atoms with Crippen molar-refractivity contribution < 1.29 is 9.53 Å². The third-order valence-electron chi connectivity index (χ3n) is 0.487. The van der Waals surface area contributed by atoms with E-state index < -0.39 is 0 Å². The normalized spacial score (nSPS) is 8.25. The number of hydrogen-bond acceptors (Lipinski definition) is 2. The van der Waals surface area contributed by atoms with Crippen LogP contribution >= 0.6 is 15.9 Å². The Morgan fingerprint density at radius 1 is 1.88 bits per heavy atom. The number of halogens is 1. The fourth-order valence-corrected chi connectivity index (χ4v) is 0.466. The van der Waals surface area contributed by atoms with Crippen LogP contribution in [0.4, 0.5) is 4.79 Å². The minimum absolute atomic E-state index is 0.385. The number of hydrogen-bond donors (Lipinski definition) is 1. The fourth-order valence-electron chi connectivity index (χ4n) is 0.237. The minimum Gasteiger partial charge on any atom is -0.450 e. The Hall–Kier alpha value is -0.250. The Kier molecular flexibility index (Phi) is 4.75. The van der Waals surface area contributed by atoms with Crippen LogP contribution in [0.5, 0.6) is 0 Å². The van der Waals surface area contributed by atoms with Crippen LogP contribution < -0.4 is 5.32 Å². The summed E-state index contributed by atoms with van der Waals surface area (Å²) in [6, 6.07) is 0. The molecule has 0 aliphatic rings. The van der Waals surface area contributed by atoms with Gasteiger partial charge in [-0.3, -0.25) is 0 Å². The number of ether oxygens (including phenoxy) is 1. The number of nitrogens with one attached hydrogen (secondary N) is 1. The van der Waals surface area contributed by atoms with Crippen LogP contribution in [0.1, 0.15) is 6.92 Å². The number of alkyl carbamates (subject to hydrolysis) is 1. The average Bonchev–Trinajstić information content (AvgIpc) is 1.68. The lowest BCUT2D eigenvalue weighted by Gasteiger charge is -1.98. The summed E-state index contributed by atoms with van der Waals surface area (Å²) >= 11 is 3.01. The molecule has 0 saturated heterocycles. The van der Waals surface area contributed by atoms with E-state index in [1.807, 2.05) is 0 Å². The quantitative estimate of drug-likeness (QED) is 0.512. The van der Waals surface area contributed by atoms with E-state index in [1.165, 1.54) is 0 Å². The van der Waals surface area contributed by atoms with Crippen LogP contribution in [0.2, 0.25) is 0 Å². The Labute approximate surface area is 56.5 Å². The van der Waals surface area contributed by atoms with Crippen molar-refractivity contribution in [2.24, 2.45) is 0 Å². The second-order valence-corrected chi connectivity index (χ2v) is 1.59. The van der Waals surface area contributed by atoms with Gasteiger partial charge in [0.15, 0.2) is 0 Å². The van der Waals surface area contributed by atoms with Crippen molar-refractivity contribution in [2.75, 3.05) is 12.1 Å². The van der Waals surface area contributed by atoms with Gasteiger partial charge in [0.05, 0.1) is 12.1 Å². The average molecular weight is 182 g/mol. The van der Waals surface area contributed by atoms with Crippen molar-refractivity contribution in [1.82, 2.24) is 5.32 Å². The highest BCUT2D eigenvalue weighted by Gasteiger charge is 1.93. The van der Waals surface area contributed by atoms with E-state index in [1.54, 1.807) is 6.92 Å². The van der Waals surface area contributed by atoms with E-state index in [0.717, 1.165) is 0 Å². The SMILES string of the molecule is CCOC(=O)NCBr. The molecule has 4 heteroatoms. The lowest BCUT2D eigenvalue weighted by molar-refractivity contribution is 0.154. The molecule has 0 saturated carbocycles. The standard InChI is InChI=1S/C4H8BrNO2/c1-2-8-4(7)6-3-5/h2-3H2,1H3,(H,6,7). The van der Waals surface area contributed by atoms with Gasteiger partial charge < -0.3 is 10.1 Å². The summed E-state index contributed by atoms with van der Waals surface area (Å²) in [5.74, 6) is 0. The molecular formula is C4H8BrNO2. The molecule has 0 unspecified atom stereocenters. The van der Waals surface area contributed by atoms with Crippen molar-refractivity contribution in [2.45, 2.75) is 6.92 Å². The Morgan fingerprint density at radius 3 is 2.88 bits per heavy atom. The summed E-state index contributed by atoms with van der Waals surface area (Å²) < 4.78 is 4.50. The van der Waals surface area contributed by atoms with Gasteiger partial charge in [-0.25, -0.2) is 4.79 Å². The van der Waals surface area contributed by atoms with Gasteiger partial charge in [-0.05, 0) is 6.92 Å². The van der Waals surface area contributed by atoms with Gasteiger partial charge in [0.1, 0.15) is 0 Å². The second kappa shape index (κ2) is 4.90. The molecule has 0 bridgehead atoms. The zero-order valence-electron chi connectivity index (χ0n) is 4.61. The first-order chi connectivity index (χ1) is 3.81. The predicted octanol–water partition coefficient (Wildman–Crippen LogP) is 1.08. The van der Waals surface area contributed by atoms with Crippen LogP contribution in [-0.4, -0.2) is 18.2 Å². The lowest BCUT2D eigenvalue weighted by Crippen LogP contribution is -2.22. The fraction of sp³-hybridized carbons (Fsp3) is 0.750. The highest BCUT2D eigenvalue weighted by Crippen LogP contribution is 1.77. The van der Waals surface area contributed by atoms with E-state index in [4.69, 9.17) is 0 Å². The van der Waals surface area contributed by atoms with E-state index in [-0.39, 0.29) is 6.09 Å². The van der Waals surface area contributed by atoms with Crippen molar-refractivity contribution in [3.05, 3.63) is 0 Å². The van der Waals surface area contributed by atoms with E-state index in [2.05, 4.69) is 26.0 Å². The number of alkyl halides is 1. The van der Waals surface area contributed by atoms with Crippen LogP contribution in [0, 0.1) is 0 Å². The van der Waals surface area contributed by atoms with Gasteiger partial charge in [-0.2, -0.15) is 0 Å². The topological polar surface area (TPSA) is 38.3 Å². The number of amides is 1. The second-order valence-electron chi connectivity index (χ2n) is 1.03. The molecule has 0 aliphatic heterocycles. The van der Waals surface area contributed by atoms with E-state index in [0.29, 0.717) is 12.1 Å². The summed E-state index contributed by atoms with van der Waals surface area (Å²) in [6.07, 6.45) is -0.385. The van der Waals surface area contributed by atoms with Crippen molar-refractivity contribution >= 4 is 22.0 Å². The summed E-state index contributed by atoms with van der Waals surface area (Å²) in [5.41, 5.74) is 0.436. The van der Waals surface area contributed by atoms with Crippen LogP contribution in [0.3, 0.4) is 0 Å². The summed E-state index contributed by atoms with van der Waals surface area (Å²) in [4.78, 5) is 10.3. The number of rotatable bonds is 2. The highest BCUT2D eigenvalue weighted by atomic mass is 79.9. The minimum atomic E-state index is -0.385. The van der Waals surface area contributed by atoms with Gasteiger partial charge in [-0.15, -0.1) is 0 Å². The molecule has 0 atom stereocenters. The molecule has 48 valence electrons. The van der Waals surface area contributed by atoms with Crippen LogP contribution in [0.15, 0.2) is 0 Å². The summed E-state index contributed by atoms with van der Waals surface area (Å²) in [7, 11) is 0. The molecule has 0 rings (SSSR count). The largest absolute Gasteiger partial charge is 0.450 e. The molecule has 0 spiro atoms. The Morgan fingerprint density at radius 2 is 2.50 bits per heavy atom. The molecule has 0 radical (unpaired) electrons. The third kappa shape index (κ3) is 3.92. The first kappa shape index (κ1) is 7.75. The number of carbonyl (C=O) groups is 1. The maximum Gasteiger partial charge on any atom is 0.407 e. The smallest absolute Gasteiger partial charge is 0.407 e. The Bertz CT molecular complexity index is 68.4.